The molecule has 1 aromatic rings. The lowest BCUT2D eigenvalue weighted by Crippen LogP contribution is -2.55. The number of hydrogen-bond donors (Lipinski definition) is 1. The zero-order valence-corrected chi connectivity index (χ0v) is 18.3. The first kappa shape index (κ1) is 23.9. The Bertz CT molecular complexity index is 696. The van der Waals surface area contributed by atoms with Gasteiger partial charge < -0.3 is 24.2 Å². The summed E-state index contributed by atoms with van der Waals surface area (Å²) in [6.45, 7) is 6.53. The number of carbonyl (C=O) groups excluding carboxylic acids is 1. The van der Waals surface area contributed by atoms with Gasteiger partial charge in [0.05, 0.1) is 18.2 Å². The van der Waals surface area contributed by atoms with Crippen molar-refractivity contribution < 1.29 is 28.5 Å². The first-order valence-corrected chi connectivity index (χ1v) is 10.2. The van der Waals surface area contributed by atoms with Gasteiger partial charge in [0.2, 0.25) is 0 Å². The van der Waals surface area contributed by atoms with Crippen molar-refractivity contribution in [3.63, 3.8) is 0 Å². The first-order chi connectivity index (χ1) is 13.6. The molecule has 8 heteroatoms. The number of carbonyl (C=O) groups is 1. The number of amides is 1. The number of unbranched alkanes of at least 4 members (excludes halogenated alkanes) is 1. The fraction of sp³-hybridized carbons (Fsp3) is 0.667. The number of rotatable bonds is 7. The molecule has 1 aromatic carbocycles. The SMILES string of the molecule is COCCCC[C@](O)(c1cccc(Cl)c1F)C1CN(C(=O)OC(C)(C)C)CCO1. The number of aliphatic hydroxyl groups is 1. The highest BCUT2D eigenvalue weighted by Crippen LogP contribution is 2.37. The van der Waals surface area contributed by atoms with Crippen LogP contribution in [0.1, 0.15) is 45.6 Å². The molecular formula is C21H31ClFNO5. The molecule has 1 N–H and O–H groups in total. The van der Waals surface area contributed by atoms with E-state index >= 15 is 0 Å². The molecule has 0 bridgehead atoms. The van der Waals surface area contributed by atoms with Crippen molar-refractivity contribution in [3.8, 4) is 0 Å². The summed E-state index contributed by atoms with van der Waals surface area (Å²) in [4.78, 5) is 14.0. The van der Waals surface area contributed by atoms with Crippen LogP contribution in [0.2, 0.25) is 5.02 Å². The highest BCUT2D eigenvalue weighted by molar-refractivity contribution is 6.30. The number of hydrogen-bond acceptors (Lipinski definition) is 5. The maximum Gasteiger partial charge on any atom is 0.410 e. The summed E-state index contributed by atoms with van der Waals surface area (Å²) in [6.07, 6.45) is 0.213. The van der Waals surface area contributed by atoms with Crippen molar-refractivity contribution in [2.75, 3.05) is 33.4 Å². The average molecular weight is 432 g/mol. The summed E-state index contributed by atoms with van der Waals surface area (Å²) in [5, 5.41) is 11.5. The molecule has 1 fully saturated rings. The van der Waals surface area contributed by atoms with E-state index in [4.69, 9.17) is 25.8 Å². The Kier molecular flexibility index (Phi) is 8.28. The van der Waals surface area contributed by atoms with Crippen LogP contribution >= 0.6 is 11.6 Å². The molecule has 1 aliphatic heterocycles. The van der Waals surface area contributed by atoms with E-state index in [0.717, 1.165) is 0 Å². The summed E-state index contributed by atoms with van der Waals surface area (Å²) >= 11 is 5.96. The van der Waals surface area contributed by atoms with Crippen molar-refractivity contribution >= 4 is 17.7 Å². The van der Waals surface area contributed by atoms with E-state index in [1.54, 1.807) is 33.9 Å². The maximum absolute atomic E-state index is 14.8. The maximum atomic E-state index is 14.8. The zero-order valence-electron chi connectivity index (χ0n) is 17.5. The van der Waals surface area contributed by atoms with E-state index < -0.39 is 29.2 Å². The van der Waals surface area contributed by atoms with Crippen molar-refractivity contribution in [3.05, 3.63) is 34.6 Å². The monoisotopic (exact) mass is 431 g/mol. The summed E-state index contributed by atoms with van der Waals surface area (Å²) in [5.74, 6) is -0.679. The van der Waals surface area contributed by atoms with Crippen molar-refractivity contribution in [2.24, 2.45) is 0 Å². The number of benzene rings is 1. The molecule has 0 spiro atoms. The molecule has 2 atom stereocenters. The minimum absolute atomic E-state index is 0.0680. The lowest BCUT2D eigenvalue weighted by atomic mass is 9.82. The van der Waals surface area contributed by atoms with Gasteiger partial charge in [-0.15, -0.1) is 0 Å². The molecule has 0 aliphatic carbocycles. The third kappa shape index (κ3) is 6.28. The van der Waals surface area contributed by atoms with Gasteiger partial charge in [0, 0.05) is 25.8 Å². The molecule has 1 saturated heterocycles. The van der Waals surface area contributed by atoms with Crippen molar-refractivity contribution in [1.82, 2.24) is 4.90 Å². The minimum Gasteiger partial charge on any atom is -0.444 e. The second-order valence-electron chi connectivity index (χ2n) is 8.26. The van der Waals surface area contributed by atoms with Crippen LogP contribution in [0, 0.1) is 5.82 Å². The number of morpholine rings is 1. The van der Waals surface area contributed by atoms with Gasteiger partial charge in [0.15, 0.2) is 0 Å². The molecule has 29 heavy (non-hydrogen) atoms. The fourth-order valence-electron chi connectivity index (χ4n) is 3.38. The molecule has 1 aliphatic rings. The van der Waals surface area contributed by atoms with Crippen LogP contribution in [0.15, 0.2) is 18.2 Å². The lowest BCUT2D eigenvalue weighted by Gasteiger charge is -2.42. The second-order valence-corrected chi connectivity index (χ2v) is 8.67. The molecule has 0 radical (unpaired) electrons. The van der Waals surface area contributed by atoms with Crippen molar-refractivity contribution in [1.29, 1.82) is 0 Å². The Morgan fingerprint density at radius 1 is 1.38 bits per heavy atom. The number of methoxy groups -OCH3 is 1. The summed E-state index contributed by atoms with van der Waals surface area (Å²) in [5.41, 5.74) is -2.22. The number of nitrogens with zero attached hydrogens (tertiary/aromatic N) is 1. The van der Waals surface area contributed by atoms with Crippen LogP contribution in [0.5, 0.6) is 0 Å². The Balaban J connectivity index is 2.27. The van der Waals surface area contributed by atoms with E-state index in [1.165, 1.54) is 17.0 Å². The molecule has 1 amide bonds. The van der Waals surface area contributed by atoms with Crippen molar-refractivity contribution in [2.45, 2.75) is 57.3 Å². The molecule has 6 nitrogen and oxygen atoms in total. The Hall–Kier alpha value is -1.41. The van der Waals surface area contributed by atoms with Gasteiger partial charge in [-0.2, -0.15) is 0 Å². The van der Waals surface area contributed by atoms with Gasteiger partial charge in [0.25, 0.3) is 0 Å². The van der Waals surface area contributed by atoms with Crippen LogP contribution in [-0.2, 0) is 19.8 Å². The van der Waals surface area contributed by atoms with Gasteiger partial charge in [-0.3, -0.25) is 0 Å². The molecule has 0 saturated carbocycles. The van der Waals surface area contributed by atoms with E-state index in [2.05, 4.69) is 0 Å². The summed E-state index contributed by atoms with van der Waals surface area (Å²) in [6, 6.07) is 4.53. The van der Waals surface area contributed by atoms with Crippen LogP contribution < -0.4 is 0 Å². The zero-order chi connectivity index (χ0) is 21.7. The van der Waals surface area contributed by atoms with E-state index in [-0.39, 0.29) is 30.2 Å². The molecule has 1 heterocycles. The summed E-state index contributed by atoms with van der Waals surface area (Å²) < 4.78 is 31.2. The average Bonchev–Trinajstić information content (AvgIpc) is 2.66. The molecule has 164 valence electrons. The van der Waals surface area contributed by atoms with Crippen LogP contribution in [-0.4, -0.2) is 61.2 Å². The first-order valence-electron chi connectivity index (χ1n) is 9.84. The van der Waals surface area contributed by atoms with Gasteiger partial charge in [-0.25, -0.2) is 9.18 Å². The number of ether oxygens (including phenoxy) is 3. The normalized spacial score (nSPS) is 19.7. The van der Waals surface area contributed by atoms with Crippen LogP contribution in [0.3, 0.4) is 0 Å². The molecule has 1 unspecified atom stereocenters. The molecule has 2 rings (SSSR count). The lowest BCUT2D eigenvalue weighted by molar-refractivity contribution is -0.152. The highest BCUT2D eigenvalue weighted by Gasteiger charge is 2.44. The third-order valence-electron chi connectivity index (χ3n) is 4.83. The van der Waals surface area contributed by atoms with Gasteiger partial charge in [-0.05, 0) is 46.1 Å². The fourth-order valence-corrected chi connectivity index (χ4v) is 3.55. The predicted octanol–water partition coefficient (Wildman–Crippen LogP) is 4.12. The van der Waals surface area contributed by atoms with Gasteiger partial charge >= 0.3 is 6.09 Å². The van der Waals surface area contributed by atoms with Crippen LogP contribution in [0.4, 0.5) is 9.18 Å². The second kappa shape index (κ2) is 10.1. The van der Waals surface area contributed by atoms with E-state index in [0.29, 0.717) is 26.0 Å². The van der Waals surface area contributed by atoms with Gasteiger partial charge in [0.1, 0.15) is 23.1 Å². The smallest absolute Gasteiger partial charge is 0.410 e. The van der Waals surface area contributed by atoms with Crippen LogP contribution in [0.25, 0.3) is 0 Å². The van der Waals surface area contributed by atoms with Gasteiger partial charge in [-0.1, -0.05) is 23.7 Å². The molecular weight excluding hydrogens is 401 g/mol. The standard InChI is InChI=1S/C21H31ClFNO5/c1-20(2,3)29-19(25)24-11-13-28-17(14-24)21(26,10-5-6-12-27-4)15-8-7-9-16(22)18(15)23/h7-9,17,26H,5-6,10-14H2,1-4H3/t17?,21-/m0/s1. The topological polar surface area (TPSA) is 68.2 Å². The minimum atomic E-state index is -1.65. The van der Waals surface area contributed by atoms with E-state index in [9.17, 15) is 14.3 Å². The predicted molar refractivity (Wildman–Crippen MR) is 109 cm³/mol. The van der Waals surface area contributed by atoms with E-state index in [1.807, 2.05) is 0 Å². The third-order valence-corrected chi connectivity index (χ3v) is 5.12. The molecule has 0 aromatic heterocycles. The largest absolute Gasteiger partial charge is 0.444 e. The Labute approximate surface area is 176 Å². The Morgan fingerprint density at radius 3 is 2.76 bits per heavy atom. The summed E-state index contributed by atoms with van der Waals surface area (Å²) in [7, 11) is 1.60. The number of halogens is 2. The highest BCUT2D eigenvalue weighted by atomic mass is 35.5. The quantitative estimate of drug-likeness (QED) is 0.658. The Morgan fingerprint density at radius 2 is 2.10 bits per heavy atom.